The summed E-state index contributed by atoms with van der Waals surface area (Å²) in [5.41, 5.74) is 4.77. The average Bonchev–Trinajstić information content (AvgIpc) is 3.41. The number of fused-ring (bicyclic) bond motifs is 2. The summed E-state index contributed by atoms with van der Waals surface area (Å²) in [5.74, 6) is 2.76. The maximum absolute atomic E-state index is 5.63. The molecule has 5 heterocycles. The Bertz CT molecular complexity index is 1000. The van der Waals surface area contributed by atoms with Crippen LogP contribution in [0.4, 0.5) is 5.82 Å². The van der Waals surface area contributed by atoms with Crippen molar-refractivity contribution in [3.05, 3.63) is 35.3 Å². The smallest absolute Gasteiger partial charge is 0.158 e. The summed E-state index contributed by atoms with van der Waals surface area (Å²) in [4.78, 5) is 11.9. The van der Waals surface area contributed by atoms with Gasteiger partial charge in [0.15, 0.2) is 5.82 Å². The van der Waals surface area contributed by atoms with Crippen molar-refractivity contribution >= 4 is 11.3 Å². The topological polar surface area (TPSA) is 73.4 Å². The fourth-order valence-electron chi connectivity index (χ4n) is 4.40. The number of aryl methyl sites for hydroxylation is 1. The monoisotopic (exact) mass is 381 g/mol. The van der Waals surface area contributed by atoms with Crippen molar-refractivity contribution in [3.63, 3.8) is 0 Å². The molecule has 5 rings (SSSR count). The summed E-state index contributed by atoms with van der Waals surface area (Å²) < 4.78 is 9.73. The van der Waals surface area contributed by atoms with Crippen LogP contribution in [0.25, 0.3) is 5.52 Å². The predicted octanol–water partition coefficient (Wildman–Crippen LogP) is 2.35. The van der Waals surface area contributed by atoms with Gasteiger partial charge in [-0.05, 0) is 31.2 Å². The molecule has 1 unspecified atom stereocenters. The van der Waals surface area contributed by atoms with Crippen molar-refractivity contribution < 1.29 is 4.74 Å². The van der Waals surface area contributed by atoms with E-state index in [-0.39, 0.29) is 0 Å². The Labute approximate surface area is 164 Å². The molecule has 2 aliphatic heterocycles. The molecule has 8 heteroatoms. The van der Waals surface area contributed by atoms with E-state index in [1.54, 1.807) is 6.33 Å². The zero-order chi connectivity index (χ0) is 19.3. The number of nitrogens with zero attached hydrogens (tertiary/aromatic N) is 7. The SMILES string of the molecule is Cc1nc(C2CCOC2)c2c(N3CCc4cnn(CC(C)C)c4C3)ncnn12. The van der Waals surface area contributed by atoms with Crippen LogP contribution in [0.3, 0.4) is 0 Å². The summed E-state index contributed by atoms with van der Waals surface area (Å²) in [6.07, 6.45) is 5.67. The lowest BCUT2D eigenvalue weighted by molar-refractivity contribution is 0.193. The molecular weight excluding hydrogens is 354 g/mol. The molecule has 0 saturated carbocycles. The molecule has 0 N–H and O–H groups in total. The molecule has 3 aromatic rings. The molecule has 0 radical (unpaired) electrons. The molecule has 1 fully saturated rings. The van der Waals surface area contributed by atoms with Crippen LogP contribution in [0.1, 0.15) is 49.0 Å². The summed E-state index contributed by atoms with van der Waals surface area (Å²) >= 11 is 0. The van der Waals surface area contributed by atoms with Gasteiger partial charge < -0.3 is 9.64 Å². The lowest BCUT2D eigenvalue weighted by Crippen LogP contribution is -2.33. The number of aromatic nitrogens is 6. The number of hydrogen-bond donors (Lipinski definition) is 0. The third kappa shape index (κ3) is 2.87. The van der Waals surface area contributed by atoms with Crippen molar-refractivity contribution in [1.82, 2.24) is 29.4 Å². The Morgan fingerprint density at radius 1 is 1.29 bits per heavy atom. The zero-order valence-electron chi connectivity index (χ0n) is 16.8. The predicted molar refractivity (Wildman–Crippen MR) is 106 cm³/mol. The van der Waals surface area contributed by atoms with Gasteiger partial charge in [0, 0.05) is 25.6 Å². The first-order valence-corrected chi connectivity index (χ1v) is 10.2. The van der Waals surface area contributed by atoms with Gasteiger partial charge in [-0.1, -0.05) is 13.8 Å². The van der Waals surface area contributed by atoms with E-state index in [0.717, 1.165) is 68.5 Å². The zero-order valence-corrected chi connectivity index (χ0v) is 16.8. The Hall–Kier alpha value is -2.48. The highest BCUT2D eigenvalue weighted by atomic mass is 16.5. The van der Waals surface area contributed by atoms with Crippen LogP contribution in [0, 0.1) is 12.8 Å². The normalized spacial score (nSPS) is 19.7. The first kappa shape index (κ1) is 17.6. The van der Waals surface area contributed by atoms with Gasteiger partial charge >= 0.3 is 0 Å². The minimum atomic E-state index is 0.320. The highest BCUT2D eigenvalue weighted by Gasteiger charge is 2.29. The van der Waals surface area contributed by atoms with E-state index in [1.807, 2.05) is 17.6 Å². The lowest BCUT2D eigenvalue weighted by atomic mass is 10.0. The minimum absolute atomic E-state index is 0.320. The minimum Gasteiger partial charge on any atom is -0.381 e. The van der Waals surface area contributed by atoms with Crippen LogP contribution in [0.2, 0.25) is 0 Å². The van der Waals surface area contributed by atoms with Gasteiger partial charge in [-0.15, -0.1) is 0 Å². The van der Waals surface area contributed by atoms with E-state index in [0.29, 0.717) is 11.8 Å². The van der Waals surface area contributed by atoms with Gasteiger partial charge in [0.2, 0.25) is 0 Å². The average molecular weight is 381 g/mol. The highest BCUT2D eigenvalue weighted by Crippen LogP contribution is 2.34. The number of ether oxygens (including phenoxy) is 1. The van der Waals surface area contributed by atoms with Gasteiger partial charge in [0.25, 0.3) is 0 Å². The molecule has 8 nitrogen and oxygen atoms in total. The van der Waals surface area contributed by atoms with Gasteiger partial charge in [-0.25, -0.2) is 14.5 Å². The molecule has 0 spiro atoms. The molecule has 28 heavy (non-hydrogen) atoms. The molecule has 1 atom stereocenters. The van der Waals surface area contributed by atoms with Crippen molar-refractivity contribution in [1.29, 1.82) is 0 Å². The number of anilines is 1. The van der Waals surface area contributed by atoms with E-state index < -0.39 is 0 Å². The number of hydrogen-bond acceptors (Lipinski definition) is 6. The van der Waals surface area contributed by atoms with Gasteiger partial charge in [0.1, 0.15) is 17.7 Å². The Balaban J connectivity index is 1.56. The Morgan fingerprint density at radius 2 is 2.18 bits per heavy atom. The standard InChI is InChI=1S/C20H27N7O/c1-13(2)9-26-17-10-25(6-4-15(17)8-22-26)20-19-18(16-5-7-28-11-16)24-14(3)27(19)23-12-21-20/h8,12-13,16H,4-7,9-11H2,1-3H3. The molecule has 0 amide bonds. The second kappa shape index (κ2) is 6.84. The fourth-order valence-corrected chi connectivity index (χ4v) is 4.40. The van der Waals surface area contributed by atoms with Crippen LogP contribution in [0.15, 0.2) is 12.5 Å². The second-order valence-corrected chi connectivity index (χ2v) is 8.31. The van der Waals surface area contributed by atoms with Gasteiger partial charge in [0.05, 0.1) is 30.7 Å². The van der Waals surface area contributed by atoms with Crippen LogP contribution in [-0.4, -0.2) is 49.1 Å². The van der Waals surface area contributed by atoms with Crippen LogP contribution in [0.5, 0.6) is 0 Å². The molecule has 0 aromatic carbocycles. The molecule has 2 aliphatic rings. The summed E-state index contributed by atoms with van der Waals surface area (Å²) in [5, 5.41) is 9.11. The third-order valence-corrected chi connectivity index (χ3v) is 5.78. The molecule has 0 bridgehead atoms. The second-order valence-electron chi connectivity index (χ2n) is 8.31. The quantitative estimate of drug-likeness (QED) is 0.691. The first-order valence-electron chi connectivity index (χ1n) is 10.2. The number of imidazole rings is 1. The van der Waals surface area contributed by atoms with E-state index in [1.165, 1.54) is 11.3 Å². The largest absolute Gasteiger partial charge is 0.381 e. The maximum atomic E-state index is 5.63. The van der Waals surface area contributed by atoms with Gasteiger partial charge in [-0.2, -0.15) is 10.2 Å². The van der Waals surface area contributed by atoms with Crippen molar-refractivity contribution in [2.45, 2.75) is 52.6 Å². The van der Waals surface area contributed by atoms with E-state index in [2.05, 4.69) is 33.6 Å². The van der Waals surface area contributed by atoms with Gasteiger partial charge in [-0.3, -0.25) is 4.68 Å². The van der Waals surface area contributed by atoms with Crippen molar-refractivity contribution in [3.8, 4) is 0 Å². The maximum Gasteiger partial charge on any atom is 0.158 e. The highest BCUT2D eigenvalue weighted by molar-refractivity contribution is 5.73. The van der Waals surface area contributed by atoms with Crippen LogP contribution >= 0.6 is 0 Å². The Morgan fingerprint density at radius 3 is 2.96 bits per heavy atom. The number of rotatable bonds is 4. The van der Waals surface area contributed by atoms with Crippen molar-refractivity contribution in [2.75, 3.05) is 24.7 Å². The van der Waals surface area contributed by atoms with E-state index in [4.69, 9.17) is 14.7 Å². The molecule has 148 valence electrons. The van der Waals surface area contributed by atoms with Crippen LogP contribution in [-0.2, 0) is 24.2 Å². The van der Waals surface area contributed by atoms with Crippen molar-refractivity contribution in [2.24, 2.45) is 5.92 Å². The third-order valence-electron chi connectivity index (χ3n) is 5.78. The molecule has 0 aliphatic carbocycles. The van der Waals surface area contributed by atoms with E-state index >= 15 is 0 Å². The van der Waals surface area contributed by atoms with E-state index in [9.17, 15) is 0 Å². The van der Waals surface area contributed by atoms with Crippen LogP contribution < -0.4 is 4.90 Å². The summed E-state index contributed by atoms with van der Waals surface area (Å²) in [6, 6.07) is 0. The summed E-state index contributed by atoms with van der Waals surface area (Å²) in [6.45, 7) is 10.7. The lowest BCUT2D eigenvalue weighted by Gasteiger charge is -2.29. The molecule has 3 aromatic heterocycles. The summed E-state index contributed by atoms with van der Waals surface area (Å²) in [7, 11) is 0. The Kier molecular flexibility index (Phi) is 4.30. The molecular formula is C20H27N7O. The molecule has 1 saturated heterocycles. The fraction of sp³-hybridized carbons (Fsp3) is 0.600. The first-order chi connectivity index (χ1) is 13.6.